The summed E-state index contributed by atoms with van der Waals surface area (Å²) in [4.78, 5) is 4.22. The summed E-state index contributed by atoms with van der Waals surface area (Å²) in [6, 6.07) is 26.4. The van der Waals surface area contributed by atoms with Crippen LogP contribution in [0.4, 0.5) is 0 Å². The molecule has 0 N–H and O–H groups in total. The van der Waals surface area contributed by atoms with Crippen LogP contribution in [0.15, 0.2) is 79.3 Å². The number of pyridine rings is 1. The third kappa shape index (κ3) is 9.04. The molecule has 0 unspecified atom stereocenters. The average molecular weight is 685 g/mol. The molecule has 5 nitrogen and oxygen atoms in total. The van der Waals surface area contributed by atoms with E-state index < -0.39 is 0 Å². The van der Waals surface area contributed by atoms with Gasteiger partial charge in [0, 0.05) is 47.5 Å². The Balaban J connectivity index is 0.000000241. The van der Waals surface area contributed by atoms with Gasteiger partial charge in [-0.2, -0.15) is 16.3 Å². The second-order valence-corrected chi connectivity index (χ2v) is 12.1. The fraction of sp³-hybridized carbons (Fsp3) is 0.233. The predicted molar refractivity (Wildman–Crippen MR) is 150 cm³/mol. The van der Waals surface area contributed by atoms with Gasteiger partial charge in [0.05, 0.1) is 11.4 Å². The van der Waals surface area contributed by atoms with Crippen LogP contribution in [0.2, 0.25) is 19.6 Å². The van der Waals surface area contributed by atoms with Crippen LogP contribution in [-0.4, -0.2) is 33.3 Å². The number of benzene rings is 2. The van der Waals surface area contributed by atoms with E-state index >= 15 is 0 Å². The number of aromatic nitrogens is 5. The van der Waals surface area contributed by atoms with Gasteiger partial charge in [-0.15, -0.1) is 53.1 Å². The van der Waals surface area contributed by atoms with Gasteiger partial charge in [-0.1, -0.05) is 45.6 Å². The van der Waals surface area contributed by atoms with E-state index in [1.807, 2.05) is 90.2 Å². The Bertz CT molecular complexity index is 1260. The van der Waals surface area contributed by atoms with E-state index in [0.717, 1.165) is 45.1 Å². The van der Waals surface area contributed by atoms with Gasteiger partial charge in [0.2, 0.25) is 0 Å². The van der Waals surface area contributed by atoms with E-state index in [2.05, 4.69) is 66.9 Å². The fourth-order valence-electron chi connectivity index (χ4n) is 3.40. The van der Waals surface area contributed by atoms with Crippen LogP contribution in [0.3, 0.4) is 0 Å². The summed E-state index contributed by atoms with van der Waals surface area (Å²) in [6.07, 6.45) is 5.71. The molecule has 0 aliphatic rings. The topological polar surface area (TPSA) is 48.5 Å². The normalized spacial score (nSPS) is 10.1. The Morgan fingerprint density at radius 1 is 0.730 bits per heavy atom. The largest absolute Gasteiger partial charge is 0.305 e. The summed E-state index contributed by atoms with van der Waals surface area (Å²) in [6.45, 7) is 14.9. The summed E-state index contributed by atoms with van der Waals surface area (Å²) >= 11 is 0. The van der Waals surface area contributed by atoms with Crippen molar-refractivity contribution in [3.63, 3.8) is 0 Å². The van der Waals surface area contributed by atoms with E-state index in [-0.39, 0.29) is 28.9 Å². The van der Waals surface area contributed by atoms with Crippen LogP contribution >= 0.6 is 0 Å². The molecule has 0 fully saturated rings. The van der Waals surface area contributed by atoms with Gasteiger partial charge in [0.25, 0.3) is 0 Å². The molecule has 0 spiro atoms. The number of rotatable bonds is 3. The summed E-state index contributed by atoms with van der Waals surface area (Å²) in [5.41, 5.74) is 8.23. The summed E-state index contributed by atoms with van der Waals surface area (Å²) in [5.74, 6) is 0. The van der Waals surface area contributed by atoms with Gasteiger partial charge in [-0.3, -0.25) is 9.36 Å². The first-order valence-corrected chi connectivity index (χ1v) is 15.0. The predicted octanol–water partition coefficient (Wildman–Crippen LogP) is 7.01. The third-order valence-corrected chi connectivity index (χ3v) is 4.97. The number of aryl methyl sites for hydroxylation is 4. The van der Waals surface area contributed by atoms with E-state index in [0.29, 0.717) is 0 Å². The Morgan fingerprint density at radius 2 is 1.27 bits per heavy atom. The Kier molecular flexibility index (Phi) is 11.9. The van der Waals surface area contributed by atoms with Gasteiger partial charge in [-0.25, -0.2) is 0 Å². The Labute approximate surface area is 236 Å². The first kappa shape index (κ1) is 30.1. The van der Waals surface area contributed by atoms with Gasteiger partial charge >= 0.3 is 0 Å². The van der Waals surface area contributed by atoms with E-state index in [1.165, 1.54) is 0 Å². The monoisotopic (exact) mass is 685 g/mol. The molecule has 0 saturated heterocycles. The van der Waals surface area contributed by atoms with Crippen molar-refractivity contribution < 1.29 is 20.1 Å². The summed E-state index contributed by atoms with van der Waals surface area (Å²) in [5, 5.41) is 8.93. The van der Waals surface area contributed by atoms with Crippen molar-refractivity contribution in [1.82, 2.24) is 24.5 Å². The molecule has 5 aromatic rings. The molecule has 3 heterocycles. The van der Waals surface area contributed by atoms with Crippen LogP contribution in [0.25, 0.3) is 22.6 Å². The smallest absolute Gasteiger partial charge is 0.0597 e. The molecule has 2 aromatic carbocycles. The molecule has 0 aliphatic carbocycles. The van der Waals surface area contributed by atoms with Crippen LogP contribution in [0.1, 0.15) is 22.5 Å². The summed E-state index contributed by atoms with van der Waals surface area (Å²) in [7, 11) is 0.120. The van der Waals surface area contributed by atoms with Gasteiger partial charge < -0.3 is 4.98 Å². The molecule has 2 radical (unpaired) electrons. The zero-order valence-electron chi connectivity index (χ0n) is 22.6. The van der Waals surface area contributed by atoms with Crippen LogP contribution < -0.4 is 0 Å². The maximum absolute atomic E-state index is 4.47. The molecule has 0 saturated carbocycles. The fourth-order valence-corrected chi connectivity index (χ4v) is 3.40. The van der Waals surface area contributed by atoms with Crippen molar-refractivity contribution in [1.29, 1.82) is 0 Å². The zero-order chi connectivity index (χ0) is 26.1. The molecule has 0 amide bonds. The molecule has 5 rings (SSSR count). The van der Waals surface area contributed by atoms with E-state index in [1.54, 1.807) is 6.20 Å². The van der Waals surface area contributed by atoms with Gasteiger partial charge in [0.15, 0.2) is 0 Å². The van der Waals surface area contributed by atoms with Crippen molar-refractivity contribution >= 4 is 8.80 Å². The Morgan fingerprint density at radius 3 is 1.68 bits per heavy atom. The van der Waals surface area contributed by atoms with Crippen molar-refractivity contribution in [3.8, 4) is 22.6 Å². The minimum Gasteiger partial charge on any atom is -0.305 e. The molecule has 0 aliphatic heterocycles. The van der Waals surface area contributed by atoms with Crippen molar-refractivity contribution in [2.75, 3.05) is 0 Å². The average Bonchev–Trinajstić information content (AvgIpc) is 3.48. The van der Waals surface area contributed by atoms with Gasteiger partial charge in [-0.05, 0) is 49.1 Å². The molecular weight excluding hydrogens is 651 g/mol. The molecule has 3 aromatic heterocycles. The minimum atomic E-state index is 0. The second kappa shape index (κ2) is 14.6. The van der Waals surface area contributed by atoms with Crippen LogP contribution in [0, 0.1) is 39.8 Å². The van der Waals surface area contributed by atoms with E-state index in [9.17, 15) is 0 Å². The maximum atomic E-state index is 4.47. The molecular formula is C30H34IrN5Si-2. The summed E-state index contributed by atoms with van der Waals surface area (Å²) < 4.78 is 3.73. The van der Waals surface area contributed by atoms with Crippen LogP contribution in [-0.2, 0) is 20.1 Å². The second-order valence-electron chi connectivity index (χ2n) is 9.13. The molecule has 0 bridgehead atoms. The first-order valence-electron chi connectivity index (χ1n) is 12.0. The van der Waals surface area contributed by atoms with Crippen molar-refractivity contribution in [3.05, 3.63) is 114 Å². The number of hydrogen-bond acceptors (Lipinski definition) is 3. The zero-order valence-corrected chi connectivity index (χ0v) is 26.0. The van der Waals surface area contributed by atoms with Crippen molar-refractivity contribution in [2.24, 2.45) is 0 Å². The first-order chi connectivity index (χ1) is 17.2. The number of hydrogen-bond donors (Lipinski definition) is 0. The maximum Gasteiger partial charge on any atom is 0.0597 e. The standard InChI is InChI=1S/C16H17N4.C11H8N.C3H9Si.Ir/c1-11-9-12(2)16(20-8-6-14(4)18-20)10-15(11)19-7-5-13(3)17-19;1-2-6-10(7-3-1)11-8-4-5-9-12-11;1-4(2)3;/h5-9H,1-4H3;1-6,8-9H;1-3H3;/q2*-1;;. The van der Waals surface area contributed by atoms with Gasteiger partial charge in [0.1, 0.15) is 0 Å². The molecule has 0 atom stereocenters. The van der Waals surface area contributed by atoms with E-state index in [4.69, 9.17) is 0 Å². The number of nitrogens with zero attached hydrogens (tertiary/aromatic N) is 5. The van der Waals surface area contributed by atoms with Crippen LogP contribution in [0.5, 0.6) is 0 Å². The molecule has 194 valence electrons. The minimum absolute atomic E-state index is 0. The van der Waals surface area contributed by atoms with Crippen molar-refractivity contribution in [2.45, 2.75) is 47.3 Å². The SMILES string of the molecule is C[Si](C)C.Cc1ccn(-c2[c-]c(-n3ccc(C)n3)c(C)cc2C)n1.[Ir].[c-]1ccccc1-c1ccccn1. The third-order valence-electron chi connectivity index (χ3n) is 4.97. The Hall–Kier alpha value is -3.12. The molecule has 37 heavy (non-hydrogen) atoms. The quantitative estimate of drug-likeness (QED) is 0.152. The molecule has 7 heteroatoms.